The van der Waals surface area contributed by atoms with Gasteiger partial charge in [-0.3, -0.25) is 9.69 Å². The number of thiazole rings is 1. The number of carbonyl (C=O) groups excluding carboxylic acids is 1. The van der Waals surface area contributed by atoms with Gasteiger partial charge in [0.1, 0.15) is 4.88 Å². The molecule has 1 N–H and O–H groups in total. The quantitative estimate of drug-likeness (QED) is 0.726. The summed E-state index contributed by atoms with van der Waals surface area (Å²) in [6, 6.07) is 1.57. The lowest BCUT2D eigenvalue weighted by atomic mass is 9.79. The van der Waals surface area contributed by atoms with Crippen LogP contribution < -0.4 is 5.32 Å². The van der Waals surface area contributed by atoms with Crippen LogP contribution in [0.4, 0.5) is 13.2 Å². The number of rotatable bonds is 5. The van der Waals surface area contributed by atoms with E-state index in [0.717, 1.165) is 58.3 Å². The van der Waals surface area contributed by atoms with Crippen molar-refractivity contribution in [2.24, 2.45) is 0 Å². The van der Waals surface area contributed by atoms with Crippen LogP contribution in [0.5, 0.6) is 0 Å². The molecule has 32 heavy (non-hydrogen) atoms. The monoisotopic (exact) mass is 468 g/mol. The summed E-state index contributed by atoms with van der Waals surface area (Å²) in [5.41, 5.74) is -1.39. The van der Waals surface area contributed by atoms with Crippen molar-refractivity contribution in [3.63, 3.8) is 0 Å². The van der Waals surface area contributed by atoms with Crippen molar-refractivity contribution >= 4 is 17.2 Å². The van der Waals surface area contributed by atoms with Crippen molar-refractivity contribution in [3.05, 3.63) is 29.0 Å². The van der Waals surface area contributed by atoms with Crippen LogP contribution in [0, 0.1) is 0 Å². The van der Waals surface area contributed by atoms with Crippen LogP contribution in [-0.4, -0.2) is 76.0 Å². The van der Waals surface area contributed by atoms with E-state index in [9.17, 15) is 18.0 Å². The van der Waals surface area contributed by atoms with Crippen molar-refractivity contribution in [2.45, 2.75) is 43.8 Å². The van der Waals surface area contributed by atoms with Gasteiger partial charge < -0.3 is 10.2 Å². The van der Waals surface area contributed by atoms with Crippen molar-refractivity contribution in [1.82, 2.24) is 30.1 Å². The summed E-state index contributed by atoms with van der Waals surface area (Å²) in [5.74, 6) is -0.667. The molecular weight excluding hydrogens is 441 g/mol. The Kier molecular flexibility index (Phi) is 6.78. The molecule has 1 amide bonds. The standard InChI is InChI=1S/C21H27F3N6OS/c1-29-10-12-30(13-11-29)20(6-3-2-4-7-20)14-27-18(31)15-16(21(22,23)24)28-19(32-15)17-25-8-5-9-26-17/h5,8-9H,2-4,6-7,10-14H2,1H3,(H,27,31). The lowest BCUT2D eigenvalue weighted by Gasteiger charge is -2.49. The number of piperazine rings is 1. The number of nitrogens with zero attached hydrogens (tertiary/aromatic N) is 5. The summed E-state index contributed by atoms with van der Waals surface area (Å²) in [6.07, 6.45) is 3.27. The van der Waals surface area contributed by atoms with Crippen LogP contribution in [0.1, 0.15) is 47.5 Å². The Bertz CT molecular complexity index is 921. The number of hydrogen-bond acceptors (Lipinski definition) is 7. The smallest absolute Gasteiger partial charge is 0.349 e. The Labute approximate surface area is 189 Å². The summed E-state index contributed by atoms with van der Waals surface area (Å²) in [7, 11) is 2.09. The van der Waals surface area contributed by atoms with Gasteiger partial charge in [0.25, 0.3) is 5.91 Å². The molecular formula is C21H27F3N6OS. The van der Waals surface area contributed by atoms with E-state index in [0.29, 0.717) is 17.9 Å². The first kappa shape index (κ1) is 23.1. The number of aromatic nitrogens is 3. The van der Waals surface area contributed by atoms with Gasteiger partial charge in [0, 0.05) is 50.7 Å². The van der Waals surface area contributed by atoms with Crippen LogP contribution in [-0.2, 0) is 6.18 Å². The first-order valence-electron chi connectivity index (χ1n) is 10.9. The van der Waals surface area contributed by atoms with E-state index < -0.39 is 22.7 Å². The van der Waals surface area contributed by atoms with Gasteiger partial charge in [0.05, 0.1) is 0 Å². The molecule has 2 aliphatic rings. The number of nitrogens with one attached hydrogen (secondary N) is 1. The van der Waals surface area contributed by atoms with Crippen molar-refractivity contribution in [2.75, 3.05) is 39.8 Å². The minimum atomic E-state index is -4.74. The maximum absolute atomic E-state index is 13.6. The van der Waals surface area contributed by atoms with E-state index in [1.165, 1.54) is 12.4 Å². The maximum atomic E-state index is 13.6. The minimum Gasteiger partial charge on any atom is -0.349 e. The van der Waals surface area contributed by atoms with Crippen LogP contribution >= 0.6 is 11.3 Å². The highest BCUT2D eigenvalue weighted by Crippen LogP contribution is 2.38. The van der Waals surface area contributed by atoms with Crippen LogP contribution in [0.25, 0.3) is 10.8 Å². The van der Waals surface area contributed by atoms with Crippen molar-refractivity contribution in [3.8, 4) is 10.8 Å². The molecule has 1 saturated carbocycles. The summed E-state index contributed by atoms with van der Waals surface area (Å²) in [6.45, 7) is 4.03. The van der Waals surface area contributed by atoms with E-state index in [1.807, 2.05) is 0 Å². The third-order valence-corrected chi connectivity index (χ3v) is 7.45. The topological polar surface area (TPSA) is 74.2 Å². The van der Waals surface area contributed by atoms with Gasteiger partial charge in [-0.25, -0.2) is 15.0 Å². The summed E-state index contributed by atoms with van der Waals surface area (Å²) < 4.78 is 40.9. The Morgan fingerprint density at radius 3 is 2.41 bits per heavy atom. The van der Waals surface area contributed by atoms with Crippen LogP contribution in [0.2, 0.25) is 0 Å². The molecule has 174 valence electrons. The molecule has 0 bridgehead atoms. The van der Waals surface area contributed by atoms with Gasteiger partial charge in [0.15, 0.2) is 16.5 Å². The lowest BCUT2D eigenvalue weighted by molar-refractivity contribution is -0.141. The molecule has 0 atom stereocenters. The minimum absolute atomic E-state index is 0.0190. The van der Waals surface area contributed by atoms with E-state index in [1.54, 1.807) is 6.07 Å². The zero-order valence-corrected chi connectivity index (χ0v) is 18.8. The molecule has 0 radical (unpaired) electrons. The molecule has 1 aliphatic heterocycles. The molecule has 2 fully saturated rings. The largest absolute Gasteiger partial charge is 0.435 e. The number of hydrogen-bond donors (Lipinski definition) is 1. The number of likely N-dealkylation sites (N-methyl/N-ethyl adjacent to an activating group) is 1. The van der Waals surface area contributed by atoms with Gasteiger partial charge in [0.2, 0.25) is 0 Å². The SMILES string of the molecule is CN1CCN(C2(CNC(=O)c3sc(-c4ncccn4)nc3C(F)(F)F)CCCCC2)CC1. The number of carbonyl (C=O) groups is 1. The van der Waals surface area contributed by atoms with Gasteiger partial charge >= 0.3 is 6.18 Å². The van der Waals surface area contributed by atoms with Gasteiger partial charge in [-0.05, 0) is 26.0 Å². The molecule has 2 aromatic rings. The Hall–Kier alpha value is -2.11. The van der Waals surface area contributed by atoms with Gasteiger partial charge in [-0.15, -0.1) is 11.3 Å². The highest BCUT2D eigenvalue weighted by molar-refractivity contribution is 7.17. The fourth-order valence-corrected chi connectivity index (χ4v) is 5.54. The van der Waals surface area contributed by atoms with Crippen LogP contribution in [0.3, 0.4) is 0 Å². The first-order chi connectivity index (χ1) is 15.3. The van der Waals surface area contributed by atoms with Crippen LogP contribution in [0.15, 0.2) is 18.5 Å². The third kappa shape index (κ3) is 4.94. The van der Waals surface area contributed by atoms with Gasteiger partial charge in [-0.2, -0.15) is 13.2 Å². The van der Waals surface area contributed by atoms with E-state index in [-0.39, 0.29) is 16.4 Å². The fraction of sp³-hybridized carbons (Fsp3) is 0.619. The second-order valence-electron chi connectivity index (χ2n) is 8.52. The lowest BCUT2D eigenvalue weighted by Crippen LogP contribution is -2.61. The predicted molar refractivity (Wildman–Crippen MR) is 115 cm³/mol. The molecule has 0 aromatic carbocycles. The molecule has 3 heterocycles. The molecule has 0 spiro atoms. The second kappa shape index (κ2) is 9.40. The van der Waals surface area contributed by atoms with Crippen molar-refractivity contribution in [1.29, 1.82) is 0 Å². The molecule has 1 aliphatic carbocycles. The summed E-state index contributed by atoms with van der Waals surface area (Å²) in [4.78, 5) is 28.8. The average Bonchev–Trinajstić information content (AvgIpc) is 3.26. The highest BCUT2D eigenvalue weighted by Gasteiger charge is 2.42. The molecule has 4 rings (SSSR count). The molecule has 0 unspecified atom stereocenters. The second-order valence-corrected chi connectivity index (χ2v) is 9.52. The average molecular weight is 469 g/mol. The zero-order chi connectivity index (χ0) is 22.8. The van der Waals surface area contributed by atoms with E-state index >= 15 is 0 Å². The number of amides is 1. The molecule has 11 heteroatoms. The Morgan fingerprint density at radius 2 is 1.78 bits per heavy atom. The predicted octanol–water partition coefficient (Wildman–Crippen LogP) is 3.30. The van der Waals surface area contributed by atoms with E-state index in [2.05, 4.69) is 37.1 Å². The fourth-order valence-electron chi connectivity index (χ4n) is 4.59. The molecule has 7 nitrogen and oxygen atoms in total. The van der Waals surface area contributed by atoms with Gasteiger partial charge in [-0.1, -0.05) is 19.3 Å². The van der Waals surface area contributed by atoms with E-state index in [4.69, 9.17) is 0 Å². The molecule has 2 aromatic heterocycles. The summed E-state index contributed by atoms with van der Waals surface area (Å²) >= 11 is 0.681. The Balaban J connectivity index is 1.55. The number of alkyl halides is 3. The third-order valence-electron chi connectivity index (χ3n) is 6.40. The molecule has 1 saturated heterocycles. The Morgan fingerprint density at radius 1 is 1.12 bits per heavy atom. The number of halogens is 3. The first-order valence-corrected chi connectivity index (χ1v) is 11.7. The highest BCUT2D eigenvalue weighted by atomic mass is 32.1. The summed E-state index contributed by atoms with van der Waals surface area (Å²) in [5, 5.41) is 2.81. The zero-order valence-electron chi connectivity index (χ0n) is 18.0. The normalized spacial score (nSPS) is 20.2. The maximum Gasteiger partial charge on any atom is 0.435 e. The van der Waals surface area contributed by atoms with Crippen molar-refractivity contribution < 1.29 is 18.0 Å².